The fraction of sp³-hybridized carbons (Fsp3) is 0.308. The Hall–Kier alpha value is -1.82. The molecule has 1 N–H and O–H groups in total. The Bertz CT molecular complexity index is 541. The number of carbonyl (C=O) groups excluding carboxylic acids is 1. The van der Waals surface area contributed by atoms with Gasteiger partial charge in [-0.15, -0.1) is 5.10 Å². The van der Waals surface area contributed by atoms with Crippen molar-refractivity contribution in [2.45, 2.75) is 18.7 Å². The average Bonchev–Trinajstić information content (AvgIpc) is 2.86. The van der Waals surface area contributed by atoms with E-state index in [1.54, 1.807) is 11.0 Å². The van der Waals surface area contributed by atoms with Crippen molar-refractivity contribution in [2.75, 3.05) is 11.6 Å². The lowest BCUT2D eigenvalue weighted by atomic mass is 10.2. The van der Waals surface area contributed by atoms with Crippen LogP contribution in [0.1, 0.15) is 12.5 Å². The molecule has 0 saturated carbocycles. The maximum absolute atomic E-state index is 11.7. The Balaban J connectivity index is 1.98. The standard InChI is InChI=1S/C13H16N4OS/c1-10(19-2)12(18)15-13-14-9-17(16-13)8-11-6-4-3-5-7-11/h3-7,9-10H,8H2,1-2H3,(H,15,16,18)/t10-/m0/s1. The number of rotatable bonds is 5. The number of nitrogens with one attached hydrogen (secondary N) is 1. The number of hydrogen-bond donors (Lipinski definition) is 1. The highest BCUT2D eigenvalue weighted by Crippen LogP contribution is 2.08. The molecular weight excluding hydrogens is 260 g/mol. The molecule has 2 aromatic rings. The van der Waals surface area contributed by atoms with Crippen LogP contribution in [0.4, 0.5) is 5.95 Å². The smallest absolute Gasteiger partial charge is 0.248 e. The van der Waals surface area contributed by atoms with Crippen molar-refractivity contribution in [3.63, 3.8) is 0 Å². The topological polar surface area (TPSA) is 59.8 Å². The number of anilines is 1. The van der Waals surface area contributed by atoms with E-state index in [0.29, 0.717) is 12.5 Å². The summed E-state index contributed by atoms with van der Waals surface area (Å²) in [6.45, 7) is 2.49. The van der Waals surface area contributed by atoms with Crippen LogP contribution in [0.5, 0.6) is 0 Å². The van der Waals surface area contributed by atoms with Crippen LogP contribution in [0.2, 0.25) is 0 Å². The number of carbonyl (C=O) groups is 1. The average molecular weight is 276 g/mol. The first-order chi connectivity index (χ1) is 9.19. The maximum atomic E-state index is 11.7. The highest BCUT2D eigenvalue weighted by atomic mass is 32.2. The zero-order valence-corrected chi connectivity index (χ0v) is 11.7. The normalized spacial score (nSPS) is 12.1. The summed E-state index contributed by atoms with van der Waals surface area (Å²) in [4.78, 5) is 15.8. The lowest BCUT2D eigenvalue weighted by Gasteiger charge is -2.06. The molecule has 0 aliphatic carbocycles. The first kappa shape index (κ1) is 13.6. The summed E-state index contributed by atoms with van der Waals surface area (Å²) in [5.74, 6) is 0.270. The first-order valence-electron chi connectivity index (χ1n) is 5.96. The monoisotopic (exact) mass is 276 g/mol. The van der Waals surface area contributed by atoms with Crippen molar-refractivity contribution < 1.29 is 4.79 Å². The van der Waals surface area contributed by atoms with Gasteiger partial charge in [-0.1, -0.05) is 30.3 Å². The van der Waals surface area contributed by atoms with Crippen LogP contribution in [-0.2, 0) is 11.3 Å². The van der Waals surface area contributed by atoms with E-state index in [1.807, 2.05) is 43.5 Å². The summed E-state index contributed by atoms with van der Waals surface area (Å²) in [5.41, 5.74) is 1.14. The highest BCUT2D eigenvalue weighted by Gasteiger charge is 2.13. The highest BCUT2D eigenvalue weighted by molar-refractivity contribution is 7.99. The van der Waals surface area contributed by atoms with Gasteiger partial charge in [0.15, 0.2) is 0 Å². The van der Waals surface area contributed by atoms with Crippen LogP contribution in [0.15, 0.2) is 36.7 Å². The predicted molar refractivity (Wildman–Crippen MR) is 77.2 cm³/mol. The van der Waals surface area contributed by atoms with Gasteiger partial charge in [0.1, 0.15) is 6.33 Å². The molecule has 1 aromatic carbocycles. The first-order valence-corrected chi connectivity index (χ1v) is 7.25. The molecule has 0 radical (unpaired) electrons. The van der Waals surface area contributed by atoms with E-state index in [1.165, 1.54) is 11.8 Å². The molecule has 0 saturated heterocycles. The summed E-state index contributed by atoms with van der Waals surface area (Å²) in [6, 6.07) is 9.98. The molecular formula is C13H16N4OS. The maximum Gasteiger partial charge on any atom is 0.248 e. The van der Waals surface area contributed by atoms with E-state index in [2.05, 4.69) is 15.4 Å². The summed E-state index contributed by atoms with van der Waals surface area (Å²) < 4.78 is 1.70. The molecule has 0 aliphatic rings. The number of hydrogen-bond acceptors (Lipinski definition) is 4. The molecule has 0 unspecified atom stereocenters. The van der Waals surface area contributed by atoms with Gasteiger partial charge in [-0.05, 0) is 18.7 Å². The molecule has 1 heterocycles. The molecule has 6 heteroatoms. The fourth-order valence-corrected chi connectivity index (χ4v) is 1.79. The molecule has 0 aliphatic heterocycles. The Labute approximate surface area is 116 Å². The van der Waals surface area contributed by atoms with Gasteiger partial charge < -0.3 is 0 Å². The minimum absolute atomic E-state index is 0.0787. The van der Waals surface area contributed by atoms with Gasteiger partial charge in [0, 0.05) is 0 Å². The van der Waals surface area contributed by atoms with E-state index in [0.717, 1.165) is 5.56 Å². The molecule has 0 spiro atoms. The van der Waals surface area contributed by atoms with E-state index in [-0.39, 0.29) is 11.2 Å². The fourth-order valence-electron chi connectivity index (χ4n) is 1.52. The van der Waals surface area contributed by atoms with E-state index < -0.39 is 0 Å². The van der Waals surface area contributed by atoms with E-state index in [9.17, 15) is 4.79 Å². The zero-order chi connectivity index (χ0) is 13.7. The van der Waals surface area contributed by atoms with E-state index >= 15 is 0 Å². The second-order valence-electron chi connectivity index (χ2n) is 4.12. The quantitative estimate of drug-likeness (QED) is 0.907. The van der Waals surface area contributed by atoms with Gasteiger partial charge in [0.2, 0.25) is 11.9 Å². The lowest BCUT2D eigenvalue weighted by molar-refractivity contribution is -0.115. The molecule has 0 bridgehead atoms. The van der Waals surface area contributed by atoms with Gasteiger partial charge in [-0.2, -0.15) is 11.8 Å². The molecule has 1 atom stereocenters. The molecule has 1 amide bonds. The van der Waals surface area contributed by atoms with Gasteiger partial charge in [0.25, 0.3) is 0 Å². The van der Waals surface area contributed by atoms with Crippen LogP contribution >= 0.6 is 11.8 Å². The Morgan fingerprint density at radius 3 is 2.84 bits per heavy atom. The van der Waals surface area contributed by atoms with Crippen molar-refractivity contribution >= 4 is 23.6 Å². The van der Waals surface area contributed by atoms with Gasteiger partial charge >= 0.3 is 0 Å². The van der Waals surface area contributed by atoms with Gasteiger partial charge in [-0.25, -0.2) is 9.67 Å². The van der Waals surface area contributed by atoms with Gasteiger partial charge in [-0.3, -0.25) is 10.1 Å². The lowest BCUT2D eigenvalue weighted by Crippen LogP contribution is -2.22. The van der Waals surface area contributed by atoms with Crippen molar-refractivity contribution in [1.82, 2.24) is 14.8 Å². The summed E-state index contributed by atoms with van der Waals surface area (Å²) in [7, 11) is 0. The largest absolute Gasteiger partial charge is 0.292 e. The summed E-state index contributed by atoms with van der Waals surface area (Å²) in [5, 5.41) is 6.81. The number of aromatic nitrogens is 3. The van der Waals surface area contributed by atoms with Crippen molar-refractivity contribution in [2.24, 2.45) is 0 Å². The Kier molecular flexibility index (Phi) is 4.57. The van der Waals surface area contributed by atoms with Crippen LogP contribution in [0, 0.1) is 0 Å². The number of amides is 1. The molecule has 5 nitrogen and oxygen atoms in total. The SMILES string of the molecule is CS[C@@H](C)C(=O)Nc1ncn(Cc2ccccc2)n1. The molecule has 0 fully saturated rings. The van der Waals surface area contributed by atoms with Crippen LogP contribution in [0.25, 0.3) is 0 Å². The third-order valence-corrected chi connectivity index (χ3v) is 3.60. The summed E-state index contributed by atoms with van der Waals surface area (Å²) >= 11 is 1.49. The van der Waals surface area contributed by atoms with Crippen LogP contribution in [0.3, 0.4) is 0 Å². The number of thioether (sulfide) groups is 1. The Morgan fingerprint density at radius 2 is 2.16 bits per heavy atom. The molecule has 19 heavy (non-hydrogen) atoms. The summed E-state index contributed by atoms with van der Waals surface area (Å²) in [6.07, 6.45) is 3.51. The van der Waals surface area contributed by atoms with Crippen molar-refractivity contribution in [1.29, 1.82) is 0 Å². The molecule has 1 aromatic heterocycles. The number of nitrogens with zero attached hydrogens (tertiary/aromatic N) is 3. The zero-order valence-electron chi connectivity index (χ0n) is 10.9. The van der Waals surface area contributed by atoms with Crippen LogP contribution < -0.4 is 5.32 Å². The van der Waals surface area contributed by atoms with Crippen molar-refractivity contribution in [3.8, 4) is 0 Å². The third kappa shape index (κ3) is 3.82. The minimum Gasteiger partial charge on any atom is -0.292 e. The van der Waals surface area contributed by atoms with Gasteiger partial charge in [0.05, 0.1) is 11.8 Å². The van der Waals surface area contributed by atoms with Crippen molar-refractivity contribution in [3.05, 3.63) is 42.2 Å². The Morgan fingerprint density at radius 1 is 1.42 bits per heavy atom. The predicted octanol–water partition coefficient (Wildman–Crippen LogP) is 2.02. The molecule has 100 valence electrons. The third-order valence-electron chi connectivity index (χ3n) is 2.68. The molecule has 2 rings (SSSR count). The van der Waals surface area contributed by atoms with Crippen LogP contribution in [-0.4, -0.2) is 32.2 Å². The second kappa shape index (κ2) is 6.38. The number of benzene rings is 1. The van der Waals surface area contributed by atoms with E-state index in [4.69, 9.17) is 0 Å². The second-order valence-corrected chi connectivity index (χ2v) is 5.30. The minimum atomic E-state index is -0.110.